The van der Waals surface area contributed by atoms with E-state index in [1.807, 2.05) is 37.3 Å². The highest BCUT2D eigenvalue weighted by Crippen LogP contribution is 2.25. The molecule has 0 atom stereocenters. The van der Waals surface area contributed by atoms with Crippen LogP contribution >= 0.6 is 0 Å². The van der Waals surface area contributed by atoms with Gasteiger partial charge in [-0.1, -0.05) is 29.8 Å². The van der Waals surface area contributed by atoms with Crippen LogP contribution in [0.1, 0.15) is 5.56 Å². The second-order valence-corrected chi connectivity index (χ2v) is 5.74. The molecular weight excluding hydrogens is 303 g/mol. The summed E-state index contributed by atoms with van der Waals surface area (Å²) in [5, 5.41) is 4.53. The topological polar surface area (TPSA) is 56.2 Å². The normalized spacial score (nSPS) is 11.1. The Morgan fingerprint density at radius 1 is 0.875 bits per heavy atom. The summed E-state index contributed by atoms with van der Waals surface area (Å²) in [5.74, 6) is 0.205. The quantitative estimate of drug-likeness (QED) is 0.605. The number of benzene rings is 2. The van der Waals surface area contributed by atoms with Crippen molar-refractivity contribution in [2.75, 3.05) is 5.73 Å². The van der Waals surface area contributed by atoms with E-state index in [0.717, 1.165) is 16.8 Å². The summed E-state index contributed by atoms with van der Waals surface area (Å²) in [5.41, 5.74) is 11.3. The van der Waals surface area contributed by atoms with Gasteiger partial charge < -0.3 is 5.73 Å². The number of nitrogen functional groups attached to an aromatic ring is 1. The first-order valence-electron chi connectivity index (χ1n) is 7.59. The first-order valence-corrected chi connectivity index (χ1v) is 7.59. The summed E-state index contributed by atoms with van der Waals surface area (Å²) in [6, 6.07) is 18.0. The van der Waals surface area contributed by atoms with E-state index in [9.17, 15) is 4.39 Å². The Morgan fingerprint density at radius 3 is 2.21 bits per heavy atom. The summed E-state index contributed by atoms with van der Waals surface area (Å²) < 4.78 is 14.7. The Bertz CT molecular complexity index is 1020. The summed E-state index contributed by atoms with van der Waals surface area (Å²) in [6.07, 6.45) is 0. The molecule has 0 aliphatic rings. The van der Waals surface area contributed by atoms with Crippen LogP contribution in [0.5, 0.6) is 0 Å². The second-order valence-electron chi connectivity index (χ2n) is 5.74. The lowest BCUT2D eigenvalue weighted by Gasteiger charge is -2.04. The number of hydrogen-bond donors (Lipinski definition) is 1. The highest BCUT2D eigenvalue weighted by Gasteiger charge is 2.10. The van der Waals surface area contributed by atoms with Crippen molar-refractivity contribution in [3.63, 3.8) is 0 Å². The lowest BCUT2D eigenvalue weighted by Crippen LogP contribution is -2.01. The summed E-state index contributed by atoms with van der Waals surface area (Å²) in [7, 11) is 0. The van der Waals surface area contributed by atoms with Gasteiger partial charge in [-0.05, 0) is 31.2 Å². The molecule has 0 spiro atoms. The predicted molar refractivity (Wildman–Crippen MR) is 93.0 cm³/mol. The van der Waals surface area contributed by atoms with Gasteiger partial charge in [0.25, 0.3) is 0 Å². The van der Waals surface area contributed by atoms with Gasteiger partial charge in [-0.15, -0.1) is 0 Å². The zero-order chi connectivity index (χ0) is 16.7. The zero-order valence-electron chi connectivity index (χ0n) is 13.1. The van der Waals surface area contributed by atoms with E-state index in [4.69, 9.17) is 5.73 Å². The van der Waals surface area contributed by atoms with E-state index in [2.05, 4.69) is 10.1 Å². The summed E-state index contributed by atoms with van der Waals surface area (Å²) >= 11 is 0. The molecule has 5 heteroatoms. The Labute approximate surface area is 138 Å². The Kier molecular flexibility index (Phi) is 3.27. The molecule has 0 saturated heterocycles. The SMILES string of the molecule is Cc1ccc(-c2cc3nc(-c4ccc(F)cc4)cc(N)n3n2)cc1. The molecule has 4 rings (SSSR count). The number of nitrogens with two attached hydrogens (primary N) is 1. The van der Waals surface area contributed by atoms with Crippen LogP contribution in [0.3, 0.4) is 0 Å². The van der Waals surface area contributed by atoms with Crippen LogP contribution in [0.2, 0.25) is 0 Å². The molecule has 0 saturated carbocycles. The van der Waals surface area contributed by atoms with Crippen molar-refractivity contribution in [1.29, 1.82) is 0 Å². The fraction of sp³-hybridized carbons (Fsp3) is 0.0526. The molecule has 2 N–H and O–H groups in total. The van der Waals surface area contributed by atoms with Crippen LogP contribution in [-0.4, -0.2) is 14.6 Å². The molecule has 2 aromatic heterocycles. The summed E-state index contributed by atoms with van der Waals surface area (Å²) in [6.45, 7) is 2.04. The van der Waals surface area contributed by atoms with Crippen molar-refractivity contribution < 1.29 is 4.39 Å². The number of anilines is 1. The number of rotatable bonds is 2. The number of halogens is 1. The lowest BCUT2D eigenvalue weighted by molar-refractivity contribution is 0.628. The molecule has 4 nitrogen and oxygen atoms in total. The van der Waals surface area contributed by atoms with Crippen molar-refractivity contribution in [3.8, 4) is 22.5 Å². The highest BCUT2D eigenvalue weighted by atomic mass is 19.1. The van der Waals surface area contributed by atoms with E-state index in [1.54, 1.807) is 22.7 Å². The van der Waals surface area contributed by atoms with Crippen molar-refractivity contribution in [2.24, 2.45) is 0 Å². The third-order valence-corrected chi connectivity index (χ3v) is 3.94. The Balaban J connectivity index is 1.83. The van der Waals surface area contributed by atoms with Crippen molar-refractivity contribution >= 4 is 11.5 Å². The second kappa shape index (κ2) is 5.45. The molecule has 0 radical (unpaired) electrons. The molecule has 24 heavy (non-hydrogen) atoms. The van der Waals surface area contributed by atoms with Gasteiger partial charge in [-0.25, -0.2) is 9.37 Å². The van der Waals surface area contributed by atoms with E-state index < -0.39 is 0 Å². The van der Waals surface area contributed by atoms with Gasteiger partial charge in [0.05, 0.1) is 11.4 Å². The molecule has 0 fully saturated rings. The van der Waals surface area contributed by atoms with Crippen LogP contribution in [0, 0.1) is 12.7 Å². The van der Waals surface area contributed by atoms with Crippen LogP contribution in [0.15, 0.2) is 60.7 Å². The van der Waals surface area contributed by atoms with Crippen LogP contribution < -0.4 is 5.73 Å². The molecule has 0 unspecified atom stereocenters. The minimum atomic E-state index is -0.279. The molecule has 0 amide bonds. The van der Waals surface area contributed by atoms with Gasteiger partial charge in [0.1, 0.15) is 11.6 Å². The maximum Gasteiger partial charge on any atom is 0.158 e. The first-order chi connectivity index (χ1) is 11.6. The molecule has 0 bridgehead atoms. The fourth-order valence-corrected chi connectivity index (χ4v) is 2.63. The molecule has 0 aliphatic heterocycles. The average Bonchev–Trinajstić information content (AvgIpc) is 3.01. The predicted octanol–water partition coefficient (Wildman–Crippen LogP) is 4.09. The standard InChI is InChI=1S/C19H15FN4/c1-12-2-4-14(5-3-12)17-11-19-22-16(10-18(21)24(19)23-17)13-6-8-15(20)9-7-13/h2-11H,21H2,1H3. The van der Waals surface area contributed by atoms with E-state index in [-0.39, 0.29) is 5.82 Å². The van der Waals surface area contributed by atoms with Gasteiger partial charge in [0.15, 0.2) is 5.65 Å². The Morgan fingerprint density at radius 2 is 1.50 bits per heavy atom. The van der Waals surface area contributed by atoms with Crippen LogP contribution in [0.25, 0.3) is 28.2 Å². The number of nitrogens with zero attached hydrogens (tertiary/aromatic N) is 3. The number of aryl methyl sites for hydroxylation is 1. The smallest absolute Gasteiger partial charge is 0.158 e. The first kappa shape index (κ1) is 14.4. The number of aromatic nitrogens is 3. The van der Waals surface area contributed by atoms with Gasteiger partial charge in [-0.3, -0.25) is 0 Å². The molecule has 2 heterocycles. The fourth-order valence-electron chi connectivity index (χ4n) is 2.63. The third-order valence-electron chi connectivity index (χ3n) is 3.94. The zero-order valence-corrected chi connectivity index (χ0v) is 13.1. The number of hydrogen-bond acceptors (Lipinski definition) is 3. The van der Waals surface area contributed by atoms with Crippen molar-refractivity contribution in [3.05, 3.63) is 72.0 Å². The number of fused-ring (bicyclic) bond motifs is 1. The molecule has 4 aromatic rings. The molecule has 118 valence electrons. The molecule has 0 aliphatic carbocycles. The van der Waals surface area contributed by atoms with Crippen LogP contribution in [-0.2, 0) is 0 Å². The van der Waals surface area contributed by atoms with Gasteiger partial charge in [0, 0.05) is 23.3 Å². The van der Waals surface area contributed by atoms with Crippen molar-refractivity contribution in [2.45, 2.75) is 6.92 Å². The average molecular weight is 318 g/mol. The highest BCUT2D eigenvalue weighted by molar-refractivity contribution is 5.70. The van der Waals surface area contributed by atoms with Crippen molar-refractivity contribution in [1.82, 2.24) is 14.6 Å². The van der Waals surface area contributed by atoms with Gasteiger partial charge >= 0.3 is 0 Å². The van der Waals surface area contributed by atoms with E-state index in [0.29, 0.717) is 17.2 Å². The molecule has 2 aromatic carbocycles. The van der Waals surface area contributed by atoms with Crippen LogP contribution in [0.4, 0.5) is 10.2 Å². The molecular formula is C19H15FN4. The maximum atomic E-state index is 13.1. The Hall–Kier alpha value is -3.21. The monoisotopic (exact) mass is 318 g/mol. The van der Waals surface area contributed by atoms with Gasteiger partial charge in [-0.2, -0.15) is 9.61 Å². The largest absolute Gasteiger partial charge is 0.384 e. The lowest BCUT2D eigenvalue weighted by atomic mass is 10.1. The van der Waals surface area contributed by atoms with Gasteiger partial charge in [0.2, 0.25) is 0 Å². The van der Waals surface area contributed by atoms with E-state index in [1.165, 1.54) is 17.7 Å². The maximum absolute atomic E-state index is 13.1. The third kappa shape index (κ3) is 2.50. The summed E-state index contributed by atoms with van der Waals surface area (Å²) in [4.78, 5) is 4.60. The van der Waals surface area contributed by atoms with E-state index >= 15 is 0 Å². The minimum Gasteiger partial charge on any atom is -0.384 e. The minimum absolute atomic E-state index is 0.279.